The summed E-state index contributed by atoms with van der Waals surface area (Å²) in [7, 11) is 0. The second kappa shape index (κ2) is 10.1. The maximum atomic E-state index is 12.0. The van der Waals surface area contributed by atoms with E-state index in [0.717, 1.165) is 28.5 Å². The molecule has 1 amide bonds. The molecule has 2 rings (SSSR count). The molecule has 144 valence electrons. The quantitative estimate of drug-likeness (QED) is 0.424. The van der Waals surface area contributed by atoms with Gasteiger partial charge in [-0.2, -0.15) is 0 Å². The van der Waals surface area contributed by atoms with Crippen LogP contribution in [0.4, 0.5) is 5.69 Å². The Morgan fingerprint density at radius 3 is 2.30 bits per heavy atom. The van der Waals surface area contributed by atoms with Gasteiger partial charge in [0, 0.05) is 23.5 Å². The molecule has 6 nitrogen and oxygen atoms in total. The van der Waals surface area contributed by atoms with Gasteiger partial charge in [0.1, 0.15) is 0 Å². The number of aromatic nitrogens is 2. The van der Waals surface area contributed by atoms with Crippen molar-refractivity contribution in [2.45, 2.75) is 45.2 Å². The van der Waals surface area contributed by atoms with Crippen LogP contribution in [0.5, 0.6) is 0 Å². The summed E-state index contributed by atoms with van der Waals surface area (Å²) in [5, 5.41) is 3.44. The van der Waals surface area contributed by atoms with Gasteiger partial charge in [-0.25, -0.2) is 9.97 Å². The second-order valence-corrected chi connectivity index (χ2v) is 6.89. The van der Waals surface area contributed by atoms with Crippen LogP contribution in [0.1, 0.15) is 35.9 Å². The molecule has 0 saturated heterocycles. The Morgan fingerprint density at radius 1 is 1.11 bits per heavy atom. The summed E-state index contributed by atoms with van der Waals surface area (Å²) in [5.74, 6) is -0.771. The molecular weight excluding hydrogens is 362 g/mol. The molecule has 1 N–H and O–H groups in total. The van der Waals surface area contributed by atoms with Gasteiger partial charge in [-0.1, -0.05) is 30.8 Å². The van der Waals surface area contributed by atoms with Crippen molar-refractivity contribution < 1.29 is 14.3 Å². The third-order valence-corrected chi connectivity index (χ3v) is 4.72. The SMILES string of the molecule is CCc1ccc(NC(=O)COC(=O)CCc2c(C)nc(SC)nc2C)cc1. The largest absolute Gasteiger partial charge is 0.456 e. The Kier molecular flexibility index (Phi) is 7.79. The number of rotatable bonds is 8. The van der Waals surface area contributed by atoms with Crippen LogP contribution >= 0.6 is 11.8 Å². The number of carbonyl (C=O) groups is 2. The van der Waals surface area contributed by atoms with Crippen LogP contribution < -0.4 is 5.32 Å². The van der Waals surface area contributed by atoms with Crippen molar-refractivity contribution in [3.8, 4) is 0 Å². The van der Waals surface area contributed by atoms with Crippen LogP contribution in [0.3, 0.4) is 0 Å². The van der Waals surface area contributed by atoms with Crippen LogP contribution in [0.15, 0.2) is 29.4 Å². The number of ether oxygens (including phenoxy) is 1. The average Bonchev–Trinajstić information content (AvgIpc) is 2.66. The van der Waals surface area contributed by atoms with Gasteiger partial charge in [-0.05, 0) is 56.2 Å². The number of thioether (sulfide) groups is 1. The van der Waals surface area contributed by atoms with Crippen molar-refractivity contribution >= 4 is 29.3 Å². The molecule has 27 heavy (non-hydrogen) atoms. The van der Waals surface area contributed by atoms with E-state index < -0.39 is 5.97 Å². The number of anilines is 1. The Balaban J connectivity index is 1.79. The standard InChI is InChI=1S/C20H25N3O3S/c1-5-15-6-8-16(9-7-15)23-18(24)12-26-19(25)11-10-17-13(2)21-20(27-4)22-14(17)3/h6-9H,5,10-12H2,1-4H3,(H,23,24). The van der Waals surface area contributed by atoms with Crippen molar-refractivity contribution in [1.29, 1.82) is 0 Å². The minimum atomic E-state index is -0.417. The summed E-state index contributed by atoms with van der Waals surface area (Å²) < 4.78 is 5.07. The van der Waals surface area contributed by atoms with Crippen molar-refractivity contribution in [1.82, 2.24) is 9.97 Å². The van der Waals surface area contributed by atoms with E-state index in [4.69, 9.17) is 4.74 Å². The molecule has 7 heteroatoms. The van der Waals surface area contributed by atoms with Crippen LogP contribution in [-0.4, -0.2) is 34.7 Å². The lowest BCUT2D eigenvalue weighted by molar-refractivity contribution is -0.147. The molecule has 0 bridgehead atoms. The Morgan fingerprint density at radius 2 is 1.74 bits per heavy atom. The van der Waals surface area contributed by atoms with Gasteiger partial charge in [0.2, 0.25) is 0 Å². The molecule has 0 aliphatic heterocycles. The van der Waals surface area contributed by atoms with Crippen molar-refractivity contribution in [3.63, 3.8) is 0 Å². The number of esters is 1. The van der Waals surface area contributed by atoms with E-state index in [9.17, 15) is 9.59 Å². The highest BCUT2D eigenvalue weighted by Crippen LogP contribution is 2.17. The molecule has 1 heterocycles. The molecular formula is C20H25N3O3S. The van der Waals surface area contributed by atoms with Crippen LogP contribution in [-0.2, 0) is 27.2 Å². The lowest BCUT2D eigenvalue weighted by Gasteiger charge is -2.10. The third kappa shape index (κ3) is 6.36. The molecule has 1 aromatic heterocycles. The number of nitrogens with one attached hydrogen (secondary N) is 1. The minimum absolute atomic E-state index is 0.183. The molecule has 0 spiro atoms. The number of nitrogens with zero attached hydrogens (tertiary/aromatic N) is 2. The summed E-state index contributed by atoms with van der Waals surface area (Å²) in [5.41, 5.74) is 4.57. The Labute approximate surface area is 164 Å². The van der Waals surface area contributed by atoms with E-state index in [0.29, 0.717) is 12.1 Å². The summed E-state index contributed by atoms with van der Waals surface area (Å²) in [6.07, 6.45) is 3.54. The fourth-order valence-corrected chi connectivity index (χ4v) is 3.08. The fraction of sp³-hybridized carbons (Fsp3) is 0.400. The molecule has 0 radical (unpaired) electrons. The van der Waals surface area contributed by atoms with Gasteiger partial charge in [0.25, 0.3) is 5.91 Å². The zero-order chi connectivity index (χ0) is 19.8. The average molecular weight is 388 g/mol. The summed E-state index contributed by atoms with van der Waals surface area (Å²) >= 11 is 1.49. The first-order chi connectivity index (χ1) is 12.9. The van der Waals surface area contributed by atoms with E-state index in [2.05, 4.69) is 22.2 Å². The lowest BCUT2D eigenvalue weighted by atomic mass is 10.1. The number of amides is 1. The Bertz CT molecular complexity index is 784. The molecule has 0 unspecified atom stereocenters. The zero-order valence-corrected chi connectivity index (χ0v) is 17.0. The molecule has 2 aromatic rings. The normalized spacial score (nSPS) is 10.5. The van der Waals surface area contributed by atoms with Crippen LogP contribution in [0.25, 0.3) is 0 Å². The molecule has 0 saturated carbocycles. The fourth-order valence-electron chi connectivity index (χ4n) is 2.63. The molecule has 0 aliphatic rings. The second-order valence-electron chi connectivity index (χ2n) is 6.12. The van der Waals surface area contributed by atoms with Gasteiger partial charge in [-0.3, -0.25) is 9.59 Å². The number of aryl methyl sites for hydroxylation is 3. The van der Waals surface area contributed by atoms with Crippen LogP contribution in [0.2, 0.25) is 0 Å². The van der Waals surface area contributed by atoms with E-state index in [1.807, 2.05) is 44.4 Å². The van der Waals surface area contributed by atoms with Crippen LogP contribution in [0, 0.1) is 13.8 Å². The lowest BCUT2D eigenvalue weighted by Crippen LogP contribution is -2.21. The molecule has 0 aliphatic carbocycles. The van der Waals surface area contributed by atoms with Gasteiger partial charge < -0.3 is 10.1 Å². The van der Waals surface area contributed by atoms with E-state index in [1.54, 1.807) is 0 Å². The smallest absolute Gasteiger partial charge is 0.306 e. The highest BCUT2D eigenvalue weighted by molar-refractivity contribution is 7.98. The molecule has 1 aromatic carbocycles. The highest BCUT2D eigenvalue weighted by atomic mass is 32.2. The highest BCUT2D eigenvalue weighted by Gasteiger charge is 2.12. The topological polar surface area (TPSA) is 81.2 Å². The van der Waals surface area contributed by atoms with E-state index in [-0.39, 0.29) is 18.9 Å². The third-order valence-electron chi connectivity index (χ3n) is 4.17. The predicted molar refractivity (Wildman–Crippen MR) is 107 cm³/mol. The maximum absolute atomic E-state index is 12.0. The number of hydrogen-bond acceptors (Lipinski definition) is 6. The predicted octanol–water partition coefficient (Wildman–Crippen LogP) is 3.49. The first-order valence-corrected chi connectivity index (χ1v) is 10.1. The van der Waals surface area contributed by atoms with E-state index in [1.165, 1.54) is 17.3 Å². The number of benzene rings is 1. The van der Waals surface area contributed by atoms with Crippen molar-refractivity contribution in [2.24, 2.45) is 0 Å². The van der Waals surface area contributed by atoms with Crippen molar-refractivity contribution in [2.75, 3.05) is 18.2 Å². The maximum Gasteiger partial charge on any atom is 0.306 e. The summed E-state index contributed by atoms with van der Waals surface area (Å²) in [6, 6.07) is 7.58. The number of carbonyl (C=O) groups excluding carboxylic acids is 2. The summed E-state index contributed by atoms with van der Waals surface area (Å²) in [6.45, 7) is 5.59. The van der Waals surface area contributed by atoms with Gasteiger partial charge >= 0.3 is 5.97 Å². The first-order valence-electron chi connectivity index (χ1n) is 8.85. The van der Waals surface area contributed by atoms with Gasteiger partial charge in [0.05, 0.1) is 0 Å². The zero-order valence-electron chi connectivity index (χ0n) is 16.2. The number of hydrogen-bond donors (Lipinski definition) is 1. The van der Waals surface area contributed by atoms with Gasteiger partial charge in [-0.15, -0.1) is 0 Å². The monoisotopic (exact) mass is 387 g/mol. The minimum Gasteiger partial charge on any atom is -0.456 e. The van der Waals surface area contributed by atoms with E-state index >= 15 is 0 Å². The molecule has 0 fully saturated rings. The summed E-state index contributed by atoms with van der Waals surface area (Å²) in [4.78, 5) is 32.7. The Hall–Kier alpha value is -2.41. The van der Waals surface area contributed by atoms with Gasteiger partial charge in [0.15, 0.2) is 11.8 Å². The molecule has 0 atom stereocenters. The first kappa shape index (κ1) is 20.9. The van der Waals surface area contributed by atoms with Crippen molar-refractivity contribution in [3.05, 3.63) is 46.8 Å².